The molecule has 0 radical (unpaired) electrons. The zero-order chi connectivity index (χ0) is 21.2. The number of carbonyl (C=O) groups is 2. The first-order chi connectivity index (χ1) is 13.6. The van der Waals surface area contributed by atoms with Gasteiger partial charge in [0.15, 0.2) is 9.84 Å². The summed E-state index contributed by atoms with van der Waals surface area (Å²) in [5, 5.41) is 5.64. The number of fused-ring (bicyclic) bond motifs is 1. The van der Waals surface area contributed by atoms with Crippen LogP contribution in [0.25, 0.3) is 0 Å². The van der Waals surface area contributed by atoms with Crippen molar-refractivity contribution >= 4 is 44.8 Å². The van der Waals surface area contributed by atoms with Crippen LogP contribution < -0.4 is 10.6 Å². The number of sulfone groups is 1. The van der Waals surface area contributed by atoms with Gasteiger partial charge in [-0.25, -0.2) is 8.42 Å². The van der Waals surface area contributed by atoms with Crippen molar-refractivity contribution in [1.29, 1.82) is 0 Å². The normalized spacial score (nSPS) is 16.5. The van der Waals surface area contributed by atoms with Crippen LogP contribution in [-0.2, 0) is 19.4 Å². The fourth-order valence-electron chi connectivity index (χ4n) is 3.24. The lowest BCUT2D eigenvalue weighted by atomic mass is 10.1. The van der Waals surface area contributed by atoms with Crippen LogP contribution in [0, 0.1) is 13.8 Å². The maximum Gasteiger partial charge on any atom is 0.225 e. The van der Waals surface area contributed by atoms with Gasteiger partial charge in [-0.15, -0.1) is 11.8 Å². The Morgan fingerprint density at radius 1 is 1.17 bits per heavy atom. The maximum absolute atomic E-state index is 12.7. The molecule has 0 aliphatic carbocycles. The number of amides is 2. The van der Waals surface area contributed by atoms with Gasteiger partial charge in [0.1, 0.15) is 0 Å². The van der Waals surface area contributed by atoms with Crippen molar-refractivity contribution in [3.05, 3.63) is 47.5 Å². The van der Waals surface area contributed by atoms with Gasteiger partial charge in [-0.3, -0.25) is 9.59 Å². The van der Waals surface area contributed by atoms with Crippen molar-refractivity contribution in [2.75, 3.05) is 16.4 Å². The van der Waals surface area contributed by atoms with Crippen LogP contribution in [0.1, 0.15) is 30.9 Å². The Morgan fingerprint density at radius 2 is 1.86 bits per heavy atom. The molecule has 0 saturated heterocycles. The lowest BCUT2D eigenvalue weighted by Gasteiger charge is -2.11. The molecule has 1 aliphatic rings. The molecule has 0 spiro atoms. The van der Waals surface area contributed by atoms with E-state index in [1.165, 1.54) is 23.9 Å². The number of thioether (sulfide) groups is 1. The van der Waals surface area contributed by atoms with E-state index in [1.807, 2.05) is 39.0 Å². The highest BCUT2D eigenvalue weighted by Gasteiger charge is 2.23. The number of carbonyl (C=O) groups excluding carboxylic acids is 2. The molecule has 2 N–H and O–H groups in total. The van der Waals surface area contributed by atoms with Gasteiger partial charge in [-0.05, 0) is 55.3 Å². The summed E-state index contributed by atoms with van der Waals surface area (Å²) < 4.78 is 25.4. The molecule has 6 nitrogen and oxygen atoms in total. The first kappa shape index (κ1) is 21.4. The molecule has 1 aliphatic heterocycles. The monoisotopic (exact) mass is 432 g/mol. The fraction of sp³-hybridized carbons (Fsp3) is 0.333. The van der Waals surface area contributed by atoms with Gasteiger partial charge in [0.2, 0.25) is 11.8 Å². The molecule has 0 aromatic heterocycles. The van der Waals surface area contributed by atoms with Crippen LogP contribution in [-0.4, -0.2) is 31.2 Å². The van der Waals surface area contributed by atoms with Gasteiger partial charge >= 0.3 is 0 Å². The Hall–Kier alpha value is -2.32. The predicted octanol–water partition coefficient (Wildman–Crippen LogP) is 3.93. The standard InChI is InChI=1S/C21H24N2O4S2/c1-13-8-14(2)10-16(9-13)22-20(24)6-7-29(26,27)17-4-5-19-18(12-17)23-21(25)11-15(3)28-19/h4-5,8-10,12,15H,6-7,11H2,1-3H3,(H,22,24)(H,23,25)/t15-/m0/s1. The zero-order valence-corrected chi connectivity index (χ0v) is 18.2. The molecule has 1 heterocycles. The largest absolute Gasteiger partial charge is 0.326 e. The van der Waals surface area contributed by atoms with Gasteiger partial charge in [0.25, 0.3) is 0 Å². The minimum absolute atomic E-state index is 0.103. The number of nitrogens with one attached hydrogen (secondary N) is 2. The number of benzene rings is 2. The minimum Gasteiger partial charge on any atom is -0.326 e. The second kappa shape index (κ2) is 8.59. The van der Waals surface area contributed by atoms with E-state index in [1.54, 1.807) is 6.07 Å². The van der Waals surface area contributed by atoms with Crippen molar-refractivity contribution in [2.24, 2.45) is 0 Å². The average Bonchev–Trinajstić information content (AvgIpc) is 2.74. The van der Waals surface area contributed by atoms with Crippen LogP contribution in [0.5, 0.6) is 0 Å². The van der Waals surface area contributed by atoms with E-state index >= 15 is 0 Å². The SMILES string of the molecule is Cc1cc(C)cc(NC(=O)CCS(=O)(=O)c2ccc3c(c2)NC(=O)C[C@H](C)S3)c1. The van der Waals surface area contributed by atoms with E-state index in [0.29, 0.717) is 17.8 Å². The Kier molecular flexibility index (Phi) is 6.33. The lowest BCUT2D eigenvalue weighted by Crippen LogP contribution is -2.18. The summed E-state index contributed by atoms with van der Waals surface area (Å²) >= 11 is 1.54. The Balaban J connectivity index is 1.69. The van der Waals surface area contributed by atoms with Crippen molar-refractivity contribution in [2.45, 2.75) is 48.7 Å². The molecular formula is C21H24N2O4S2. The summed E-state index contributed by atoms with van der Waals surface area (Å²) in [6.45, 7) is 5.82. The smallest absolute Gasteiger partial charge is 0.225 e. The molecule has 0 fully saturated rings. The van der Waals surface area contributed by atoms with E-state index in [0.717, 1.165) is 16.0 Å². The molecule has 2 aromatic rings. The van der Waals surface area contributed by atoms with Crippen LogP contribution in [0.4, 0.5) is 11.4 Å². The lowest BCUT2D eigenvalue weighted by molar-refractivity contribution is -0.116. The predicted molar refractivity (Wildman–Crippen MR) is 116 cm³/mol. The number of rotatable bonds is 5. The van der Waals surface area contributed by atoms with Crippen molar-refractivity contribution in [1.82, 2.24) is 0 Å². The highest BCUT2D eigenvalue weighted by Crippen LogP contribution is 2.36. The molecule has 2 amide bonds. The van der Waals surface area contributed by atoms with E-state index in [-0.39, 0.29) is 34.1 Å². The third-order valence-corrected chi connectivity index (χ3v) is 7.38. The van der Waals surface area contributed by atoms with E-state index < -0.39 is 9.84 Å². The Bertz CT molecular complexity index is 1040. The Morgan fingerprint density at radius 3 is 2.55 bits per heavy atom. The van der Waals surface area contributed by atoms with Gasteiger partial charge in [-0.2, -0.15) is 0 Å². The summed E-state index contributed by atoms with van der Waals surface area (Å²) in [5.74, 6) is -0.794. The van der Waals surface area contributed by atoms with Crippen LogP contribution in [0.3, 0.4) is 0 Å². The summed E-state index contributed by atoms with van der Waals surface area (Å²) in [6.07, 6.45) is 0.227. The summed E-state index contributed by atoms with van der Waals surface area (Å²) in [6, 6.07) is 10.4. The first-order valence-corrected chi connectivity index (χ1v) is 11.9. The van der Waals surface area contributed by atoms with E-state index in [4.69, 9.17) is 0 Å². The number of hydrogen-bond acceptors (Lipinski definition) is 5. The first-order valence-electron chi connectivity index (χ1n) is 9.34. The molecule has 1 atom stereocenters. The number of anilines is 2. The highest BCUT2D eigenvalue weighted by atomic mass is 32.2. The molecule has 0 saturated carbocycles. The molecule has 0 bridgehead atoms. The van der Waals surface area contributed by atoms with Crippen LogP contribution in [0.15, 0.2) is 46.2 Å². The topological polar surface area (TPSA) is 92.3 Å². The number of aryl methyl sites for hydroxylation is 2. The zero-order valence-electron chi connectivity index (χ0n) is 16.6. The quantitative estimate of drug-likeness (QED) is 0.747. The average molecular weight is 433 g/mol. The van der Waals surface area contributed by atoms with Gasteiger partial charge < -0.3 is 10.6 Å². The summed E-state index contributed by atoms with van der Waals surface area (Å²) in [4.78, 5) is 25.1. The molecule has 8 heteroatoms. The second-order valence-corrected chi connectivity index (χ2v) is 10.9. The molecule has 3 rings (SSSR count). The molecule has 0 unspecified atom stereocenters. The summed E-state index contributed by atoms with van der Waals surface area (Å²) in [5.41, 5.74) is 3.20. The maximum atomic E-state index is 12.7. The summed E-state index contributed by atoms with van der Waals surface area (Å²) in [7, 11) is -3.66. The van der Waals surface area contributed by atoms with Crippen molar-refractivity contribution < 1.29 is 18.0 Å². The van der Waals surface area contributed by atoms with Gasteiger partial charge in [-0.1, -0.05) is 13.0 Å². The third-order valence-electron chi connectivity index (χ3n) is 4.49. The Labute approximate surface area is 175 Å². The molecule has 154 valence electrons. The van der Waals surface area contributed by atoms with E-state index in [9.17, 15) is 18.0 Å². The van der Waals surface area contributed by atoms with Crippen molar-refractivity contribution in [3.63, 3.8) is 0 Å². The van der Waals surface area contributed by atoms with Gasteiger partial charge in [0, 0.05) is 28.7 Å². The molecule has 2 aromatic carbocycles. The van der Waals surface area contributed by atoms with Gasteiger partial charge in [0.05, 0.1) is 16.3 Å². The van der Waals surface area contributed by atoms with Crippen LogP contribution in [0.2, 0.25) is 0 Å². The highest BCUT2D eigenvalue weighted by molar-refractivity contribution is 8.00. The minimum atomic E-state index is -3.66. The number of hydrogen-bond donors (Lipinski definition) is 2. The third kappa shape index (κ3) is 5.61. The molecule has 29 heavy (non-hydrogen) atoms. The second-order valence-electron chi connectivity index (χ2n) is 7.33. The van der Waals surface area contributed by atoms with Crippen LogP contribution >= 0.6 is 11.8 Å². The fourth-order valence-corrected chi connectivity index (χ4v) is 5.55. The molecular weight excluding hydrogens is 408 g/mol. The van der Waals surface area contributed by atoms with Crippen molar-refractivity contribution in [3.8, 4) is 0 Å². The van der Waals surface area contributed by atoms with E-state index in [2.05, 4.69) is 10.6 Å².